The van der Waals surface area contributed by atoms with Crippen LogP contribution in [0.4, 0.5) is 5.69 Å². The third-order valence-electron chi connectivity index (χ3n) is 3.65. The van der Waals surface area contributed by atoms with Gasteiger partial charge in [0.15, 0.2) is 0 Å². The first-order chi connectivity index (χ1) is 10.1. The Hall–Kier alpha value is -2.93. The second-order valence-electron chi connectivity index (χ2n) is 4.95. The number of amides is 2. The first kappa shape index (κ1) is 13.1. The van der Waals surface area contributed by atoms with Crippen LogP contribution >= 0.6 is 0 Å². The maximum atomic E-state index is 12.6. The Morgan fingerprint density at radius 1 is 1.10 bits per heavy atom. The summed E-state index contributed by atoms with van der Waals surface area (Å²) in [6, 6.07) is 14.3. The summed E-state index contributed by atoms with van der Waals surface area (Å²) in [7, 11) is 0. The summed E-state index contributed by atoms with van der Waals surface area (Å²) in [5.74, 6) is -0.676. The minimum atomic E-state index is -0.371. The van der Waals surface area contributed by atoms with Crippen LogP contribution < -0.4 is 4.90 Å². The lowest BCUT2D eigenvalue weighted by molar-refractivity contribution is -0.117. The molecular weight excluding hydrogens is 264 g/mol. The first-order valence-electron chi connectivity index (χ1n) is 6.58. The van der Waals surface area contributed by atoms with Gasteiger partial charge in [-0.3, -0.25) is 9.59 Å². The number of hydrogen-bond donors (Lipinski definition) is 0. The van der Waals surface area contributed by atoms with E-state index in [0.29, 0.717) is 16.8 Å². The molecule has 0 atom stereocenters. The van der Waals surface area contributed by atoms with Crippen molar-refractivity contribution in [3.05, 3.63) is 64.7 Å². The highest BCUT2D eigenvalue weighted by Crippen LogP contribution is 2.29. The van der Waals surface area contributed by atoms with Gasteiger partial charge in [-0.1, -0.05) is 30.3 Å². The Morgan fingerprint density at radius 3 is 2.62 bits per heavy atom. The van der Waals surface area contributed by atoms with Crippen LogP contribution in [-0.2, 0) is 11.2 Å². The number of imide groups is 1. The number of aryl methyl sites for hydroxylation is 1. The molecule has 0 aliphatic carbocycles. The van der Waals surface area contributed by atoms with Crippen LogP contribution in [0, 0.1) is 18.3 Å². The Labute approximate surface area is 122 Å². The molecule has 2 aromatic carbocycles. The van der Waals surface area contributed by atoms with Gasteiger partial charge in [-0.25, -0.2) is 4.90 Å². The molecule has 2 aromatic rings. The summed E-state index contributed by atoms with van der Waals surface area (Å²) in [5.41, 5.74) is 2.72. The van der Waals surface area contributed by atoms with E-state index in [0.717, 1.165) is 16.0 Å². The van der Waals surface area contributed by atoms with Crippen molar-refractivity contribution >= 4 is 17.5 Å². The van der Waals surface area contributed by atoms with Crippen molar-refractivity contribution < 1.29 is 9.59 Å². The zero-order valence-corrected chi connectivity index (χ0v) is 11.5. The average molecular weight is 276 g/mol. The van der Waals surface area contributed by atoms with Crippen molar-refractivity contribution in [2.75, 3.05) is 4.90 Å². The molecule has 0 spiro atoms. The predicted octanol–water partition coefficient (Wildman–Crippen LogP) is 2.60. The Bertz CT molecular complexity index is 803. The van der Waals surface area contributed by atoms with Crippen LogP contribution in [-0.4, -0.2) is 11.8 Å². The van der Waals surface area contributed by atoms with E-state index in [-0.39, 0.29) is 18.2 Å². The molecule has 0 saturated carbocycles. The molecule has 1 aliphatic heterocycles. The van der Waals surface area contributed by atoms with E-state index >= 15 is 0 Å². The number of rotatable bonds is 1. The van der Waals surface area contributed by atoms with Crippen LogP contribution in [0.2, 0.25) is 0 Å². The van der Waals surface area contributed by atoms with Crippen molar-refractivity contribution in [1.29, 1.82) is 5.26 Å². The van der Waals surface area contributed by atoms with Gasteiger partial charge < -0.3 is 0 Å². The molecule has 0 aromatic heterocycles. The van der Waals surface area contributed by atoms with Gasteiger partial charge in [0.1, 0.15) is 6.07 Å². The Morgan fingerprint density at radius 2 is 1.86 bits per heavy atom. The van der Waals surface area contributed by atoms with E-state index in [1.165, 1.54) is 0 Å². The lowest BCUT2D eigenvalue weighted by Gasteiger charge is -2.27. The van der Waals surface area contributed by atoms with Gasteiger partial charge in [0.2, 0.25) is 5.91 Å². The fraction of sp³-hybridized carbons (Fsp3) is 0.118. The van der Waals surface area contributed by atoms with Gasteiger partial charge in [0.25, 0.3) is 5.91 Å². The monoisotopic (exact) mass is 276 g/mol. The smallest absolute Gasteiger partial charge is 0.265 e. The molecule has 1 heterocycles. The Kier molecular flexibility index (Phi) is 3.03. The Balaban J connectivity index is 2.17. The predicted molar refractivity (Wildman–Crippen MR) is 77.9 cm³/mol. The molecule has 4 heteroatoms. The molecule has 4 nitrogen and oxygen atoms in total. The largest absolute Gasteiger partial charge is 0.274 e. The summed E-state index contributed by atoms with van der Waals surface area (Å²) in [6.45, 7) is 1.79. The molecule has 21 heavy (non-hydrogen) atoms. The fourth-order valence-electron chi connectivity index (χ4n) is 2.59. The minimum absolute atomic E-state index is 0.167. The van der Waals surface area contributed by atoms with E-state index in [9.17, 15) is 14.9 Å². The van der Waals surface area contributed by atoms with E-state index < -0.39 is 0 Å². The maximum absolute atomic E-state index is 12.6. The van der Waals surface area contributed by atoms with Crippen LogP contribution in [0.1, 0.15) is 27.0 Å². The van der Waals surface area contributed by atoms with Gasteiger partial charge in [0, 0.05) is 5.56 Å². The highest BCUT2D eigenvalue weighted by atomic mass is 16.2. The van der Waals surface area contributed by atoms with Crippen LogP contribution in [0.3, 0.4) is 0 Å². The zero-order chi connectivity index (χ0) is 15.0. The van der Waals surface area contributed by atoms with Crippen LogP contribution in [0.15, 0.2) is 42.5 Å². The average Bonchev–Trinajstić information content (AvgIpc) is 2.47. The second kappa shape index (κ2) is 4.88. The normalized spacial score (nSPS) is 13.8. The van der Waals surface area contributed by atoms with Crippen molar-refractivity contribution in [2.24, 2.45) is 0 Å². The molecule has 0 unspecified atom stereocenters. The van der Waals surface area contributed by atoms with Gasteiger partial charge in [0.05, 0.1) is 17.7 Å². The van der Waals surface area contributed by atoms with E-state index in [2.05, 4.69) is 6.07 Å². The van der Waals surface area contributed by atoms with Crippen molar-refractivity contribution in [1.82, 2.24) is 0 Å². The number of anilines is 1. The zero-order valence-electron chi connectivity index (χ0n) is 11.5. The van der Waals surface area contributed by atoms with Crippen molar-refractivity contribution in [3.8, 4) is 6.07 Å². The third-order valence-corrected chi connectivity index (χ3v) is 3.65. The van der Waals surface area contributed by atoms with Crippen LogP contribution in [0.5, 0.6) is 0 Å². The number of hydrogen-bond acceptors (Lipinski definition) is 3. The number of carbonyl (C=O) groups excluding carboxylic acids is 2. The number of benzene rings is 2. The topological polar surface area (TPSA) is 61.2 Å². The summed E-state index contributed by atoms with van der Waals surface area (Å²) in [4.78, 5) is 26.1. The van der Waals surface area contributed by atoms with Crippen molar-refractivity contribution in [3.63, 3.8) is 0 Å². The lowest BCUT2D eigenvalue weighted by Crippen LogP contribution is -2.42. The van der Waals surface area contributed by atoms with Gasteiger partial charge in [-0.15, -0.1) is 0 Å². The summed E-state index contributed by atoms with van der Waals surface area (Å²) in [5, 5.41) is 9.30. The quantitative estimate of drug-likeness (QED) is 0.752. The molecule has 0 radical (unpaired) electrons. The first-order valence-corrected chi connectivity index (χ1v) is 6.58. The SMILES string of the molecule is Cc1cccc(N2C(=O)Cc3ccccc3C2=O)c1C#N. The minimum Gasteiger partial charge on any atom is -0.274 e. The van der Waals surface area contributed by atoms with Gasteiger partial charge in [-0.05, 0) is 30.2 Å². The molecular formula is C17H12N2O2. The van der Waals surface area contributed by atoms with E-state index in [1.807, 2.05) is 6.07 Å². The highest BCUT2D eigenvalue weighted by molar-refractivity contribution is 6.25. The number of nitrogens with zero attached hydrogens (tertiary/aromatic N) is 2. The van der Waals surface area contributed by atoms with Crippen LogP contribution in [0.25, 0.3) is 0 Å². The van der Waals surface area contributed by atoms with Crippen molar-refractivity contribution in [2.45, 2.75) is 13.3 Å². The van der Waals surface area contributed by atoms with E-state index in [4.69, 9.17) is 0 Å². The van der Waals surface area contributed by atoms with Gasteiger partial charge >= 0.3 is 0 Å². The maximum Gasteiger partial charge on any atom is 0.265 e. The summed E-state index contributed by atoms with van der Waals surface area (Å²) in [6.07, 6.45) is 0.167. The molecule has 2 amide bonds. The summed E-state index contributed by atoms with van der Waals surface area (Å²) >= 11 is 0. The lowest BCUT2D eigenvalue weighted by atomic mass is 9.96. The molecule has 0 saturated heterocycles. The standard InChI is InChI=1S/C17H12N2O2/c1-11-5-4-8-15(14(11)10-18)19-16(20)9-12-6-2-3-7-13(12)17(19)21/h2-8H,9H2,1H3. The number of carbonyl (C=O) groups is 2. The molecule has 3 rings (SSSR count). The van der Waals surface area contributed by atoms with E-state index in [1.54, 1.807) is 43.3 Å². The molecule has 1 aliphatic rings. The highest BCUT2D eigenvalue weighted by Gasteiger charge is 2.33. The third kappa shape index (κ3) is 2.00. The van der Waals surface area contributed by atoms with Gasteiger partial charge in [-0.2, -0.15) is 5.26 Å². The molecule has 0 bridgehead atoms. The molecule has 102 valence electrons. The fourth-order valence-corrected chi connectivity index (χ4v) is 2.59. The second-order valence-corrected chi connectivity index (χ2v) is 4.95. The molecule has 0 N–H and O–H groups in total. The summed E-state index contributed by atoms with van der Waals surface area (Å²) < 4.78 is 0. The number of nitriles is 1. The molecule has 0 fully saturated rings. The number of fused-ring (bicyclic) bond motifs is 1.